The molecule has 2 heterocycles. The maximum Gasteiger partial charge on any atom is 0.233 e. The minimum atomic E-state index is 0.121. The van der Waals surface area contributed by atoms with Crippen molar-refractivity contribution in [2.45, 2.75) is 41.5 Å². The highest BCUT2D eigenvalue weighted by Gasteiger charge is 2.21. The van der Waals surface area contributed by atoms with Gasteiger partial charge in [-0.1, -0.05) is 0 Å². The summed E-state index contributed by atoms with van der Waals surface area (Å²) in [6, 6.07) is 7.57. The molecule has 0 saturated carbocycles. The number of likely N-dealkylation sites (N-methyl/N-ethyl adjacent to an activating group) is 2. The topological polar surface area (TPSA) is 125 Å². The molecule has 0 atom stereocenters. The maximum absolute atomic E-state index is 6.19. The van der Waals surface area contributed by atoms with Gasteiger partial charge in [-0.05, 0) is 89.0 Å². The molecule has 1 aromatic carbocycles. The van der Waals surface area contributed by atoms with Crippen LogP contribution in [0.4, 0.5) is 35.2 Å². The normalized spacial score (nSPS) is 11.8. The summed E-state index contributed by atoms with van der Waals surface area (Å²) in [6.07, 6.45) is 0. The molecule has 3 rings (SSSR count). The zero-order valence-electron chi connectivity index (χ0n) is 25.7. The van der Waals surface area contributed by atoms with Crippen LogP contribution in [-0.2, 0) is 0 Å². The van der Waals surface area contributed by atoms with Gasteiger partial charge in [0.2, 0.25) is 34.4 Å². The van der Waals surface area contributed by atoms with Crippen molar-refractivity contribution in [2.24, 2.45) is 0 Å². The van der Waals surface area contributed by atoms with Crippen LogP contribution in [0.3, 0.4) is 0 Å². The zero-order chi connectivity index (χ0) is 30.6. The third-order valence-electron chi connectivity index (χ3n) is 8.38. The molecule has 0 aliphatic heterocycles. The molecule has 3 aromatic rings. The lowest BCUT2D eigenvalue weighted by atomic mass is 10.3. The van der Waals surface area contributed by atoms with Crippen molar-refractivity contribution in [3.63, 3.8) is 0 Å². The summed E-state index contributed by atoms with van der Waals surface area (Å²) in [5.74, 6) is 1.60. The Balaban J connectivity index is 1.60. The first-order valence-corrected chi connectivity index (χ1v) is 15.6. The molecule has 0 bridgehead atoms. The van der Waals surface area contributed by atoms with Crippen LogP contribution in [0.5, 0.6) is 0 Å². The van der Waals surface area contributed by atoms with Gasteiger partial charge in [0, 0.05) is 11.4 Å². The molecule has 0 unspecified atom stereocenters. The Labute approximate surface area is 259 Å². The molecule has 12 nitrogen and oxygen atoms in total. The van der Waals surface area contributed by atoms with Gasteiger partial charge in [-0.2, -0.15) is 29.9 Å². The fraction of sp³-hybridized carbons (Fsp3) is 0.571. The number of hydrogen-bond donors (Lipinski definition) is 4. The largest absolute Gasteiger partial charge is 0.348 e. The highest BCUT2D eigenvalue weighted by molar-refractivity contribution is 6.28. The molecule has 42 heavy (non-hydrogen) atoms. The van der Waals surface area contributed by atoms with Crippen molar-refractivity contribution in [1.29, 1.82) is 0 Å². The maximum atomic E-state index is 6.19. The standard InChI is InChI=1S/C28H46Cl2N12/c1-7-41(8-2,9-3)19-17-31-25-35-23(29)37-27(39-25)33-21-13-15-22(16-14-21)34-28-38-24(30)36-26(40-28)32-18-20-42(10-4,11-5)12-6/h13-16H,7-12,17-20H2,1-6H3,(H2,31,33,35,37,39)(H2,32,34,36,38,40)/q+2. The van der Waals surface area contributed by atoms with Gasteiger partial charge in [0.25, 0.3) is 0 Å². The van der Waals surface area contributed by atoms with Gasteiger partial charge in [-0.25, -0.2) is 0 Å². The average molecular weight is 622 g/mol. The van der Waals surface area contributed by atoms with Crippen molar-refractivity contribution < 1.29 is 8.97 Å². The number of aromatic nitrogens is 6. The Morgan fingerprint density at radius 3 is 1.12 bits per heavy atom. The van der Waals surface area contributed by atoms with E-state index in [4.69, 9.17) is 23.2 Å². The number of anilines is 6. The van der Waals surface area contributed by atoms with Gasteiger partial charge >= 0.3 is 0 Å². The van der Waals surface area contributed by atoms with Gasteiger partial charge in [-0.3, -0.25) is 0 Å². The summed E-state index contributed by atoms with van der Waals surface area (Å²) in [7, 11) is 0. The van der Waals surface area contributed by atoms with Crippen LogP contribution in [0.15, 0.2) is 24.3 Å². The van der Waals surface area contributed by atoms with E-state index >= 15 is 0 Å². The molecule has 4 N–H and O–H groups in total. The Morgan fingerprint density at radius 1 is 0.500 bits per heavy atom. The molecule has 0 fully saturated rings. The minimum Gasteiger partial charge on any atom is -0.348 e. The second-order valence-electron chi connectivity index (χ2n) is 10.2. The summed E-state index contributed by atoms with van der Waals surface area (Å²) >= 11 is 12.4. The number of benzene rings is 1. The van der Waals surface area contributed by atoms with E-state index in [1.807, 2.05) is 24.3 Å². The van der Waals surface area contributed by atoms with E-state index in [2.05, 4.69) is 92.7 Å². The van der Waals surface area contributed by atoms with Crippen LogP contribution in [0.1, 0.15) is 41.5 Å². The van der Waals surface area contributed by atoms with Crippen molar-refractivity contribution in [3.05, 3.63) is 34.8 Å². The highest BCUT2D eigenvalue weighted by atomic mass is 35.5. The van der Waals surface area contributed by atoms with E-state index in [0.717, 1.165) is 85.8 Å². The van der Waals surface area contributed by atoms with Crippen molar-refractivity contribution in [2.75, 3.05) is 86.7 Å². The summed E-state index contributed by atoms with van der Waals surface area (Å²) in [5, 5.41) is 13.2. The highest BCUT2D eigenvalue weighted by Crippen LogP contribution is 2.21. The van der Waals surface area contributed by atoms with Crippen molar-refractivity contribution >= 4 is 58.4 Å². The second kappa shape index (κ2) is 16.0. The average Bonchev–Trinajstić information content (AvgIpc) is 2.99. The van der Waals surface area contributed by atoms with Gasteiger partial charge in [0.05, 0.1) is 65.4 Å². The Morgan fingerprint density at radius 2 is 0.810 bits per heavy atom. The number of hydrogen-bond acceptors (Lipinski definition) is 10. The molecule has 0 aliphatic carbocycles. The smallest absolute Gasteiger partial charge is 0.233 e. The number of quaternary nitrogens is 2. The van der Waals surface area contributed by atoms with E-state index in [1.165, 1.54) is 0 Å². The minimum absolute atomic E-state index is 0.121. The molecule has 0 radical (unpaired) electrons. The first kappa shape index (κ1) is 33.4. The Hall–Kier alpha value is -3.06. The fourth-order valence-corrected chi connectivity index (χ4v) is 5.29. The zero-order valence-corrected chi connectivity index (χ0v) is 27.2. The van der Waals surface area contributed by atoms with Gasteiger partial charge in [0.1, 0.15) is 0 Å². The monoisotopic (exact) mass is 620 g/mol. The molecule has 0 saturated heterocycles. The summed E-state index contributed by atoms with van der Waals surface area (Å²) < 4.78 is 2.06. The summed E-state index contributed by atoms with van der Waals surface area (Å²) in [5.41, 5.74) is 1.57. The number of rotatable bonds is 18. The molecular weight excluding hydrogens is 575 g/mol. The van der Waals surface area contributed by atoms with Crippen LogP contribution in [0, 0.1) is 0 Å². The van der Waals surface area contributed by atoms with Crippen LogP contribution >= 0.6 is 23.2 Å². The third-order valence-corrected chi connectivity index (χ3v) is 8.71. The van der Waals surface area contributed by atoms with Crippen LogP contribution in [-0.4, -0.2) is 104 Å². The predicted octanol–water partition coefficient (Wildman–Crippen LogP) is 5.43. The lowest BCUT2D eigenvalue weighted by molar-refractivity contribution is -0.921. The van der Waals surface area contributed by atoms with Crippen LogP contribution < -0.4 is 21.3 Å². The molecular formula is C28H46Cl2N12+2. The van der Waals surface area contributed by atoms with E-state index in [9.17, 15) is 0 Å². The number of nitrogens with zero attached hydrogens (tertiary/aromatic N) is 8. The summed E-state index contributed by atoms with van der Waals surface area (Å²) in [4.78, 5) is 25.9. The molecule has 230 valence electrons. The summed E-state index contributed by atoms with van der Waals surface area (Å²) in [6.45, 7) is 23.3. The molecule has 0 amide bonds. The lowest BCUT2D eigenvalue weighted by Crippen LogP contribution is -2.50. The predicted molar refractivity (Wildman–Crippen MR) is 173 cm³/mol. The van der Waals surface area contributed by atoms with Crippen molar-refractivity contribution in [1.82, 2.24) is 29.9 Å². The quantitative estimate of drug-likeness (QED) is 0.137. The Kier molecular flexibility index (Phi) is 12.7. The second-order valence-corrected chi connectivity index (χ2v) is 10.9. The molecule has 2 aromatic heterocycles. The van der Waals surface area contributed by atoms with Crippen molar-refractivity contribution in [3.8, 4) is 0 Å². The number of halogens is 2. The fourth-order valence-electron chi connectivity index (χ4n) is 4.97. The van der Waals surface area contributed by atoms with Gasteiger partial charge < -0.3 is 30.2 Å². The first-order chi connectivity index (χ1) is 20.2. The van der Waals surface area contributed by atoms with E-state index in [-0.39, 0.29) is 10.6 Å². The van der Waals surface area contributed by atoms with Gasteiger partial charge in [-0.15, -0.1) is 0 Å². The van der Waals surface area contributed by atoms with E-state index < -0.39 is 0 Å². The number of nitrogens with one attached hydrogen (secondary N) is 4. The molecule has 0 spiro atoms. The van der Waals surface area contributed by atoms with Crippen LogP contribution in [0.2, 0.25) is 10.6 Å². The molecule has 0 aliphatic rings. The SMILES string of the molecule is CC[N+](CC)(CC)CCNc1nc(Cl)nc(Nc2ccc(Nc3nc(Cl)nc(NCC[N+](CC)(CC)CC)n3)cc2)n1. The van der Waals surface area contributed by atoms with E-state index in [1.54, 1.807) is 0 Å². The van der Waals surface area contributed by atoms with Crippen LogP contribution in [0.25, 0.3) is 0 Å². The van der Waals surface area contributed by atoms with Gasteiger partial charge in [0.15, 0.2) is 0 Å². The van der Waals surface area contributed by atoms with E-state index in [0.29, 0.717) is 23.8 Å². The molecule has 14 heteroatoms. The Bertz CT molecular complexity index is 1140. The first-order valence-electron chi connectivity index (χ1n) is 14.9. The lowest BCUT2D eigenvalue weighted by Gasteiger charge is -2.35. The third kappa shape index (κ3) is 9.48.